The van der Waals surface area contributed by atoms with Gasteiger partial charge in [-0.3, -0.25) is 4.90 Å². The lowest BCUT2D eigenvalue weighted by atomic mass is 10.1. The van der Waals surface area contributed by atoms with Crippen LogP contribution >= 0.6 is 0 Å². The molecule has 0 fully saturated rings. The van der Waals surface area contributed by atoms with Gasteiger partial charge in [-0.2, -0.15) is 13.2 Å². The van der Waals surface area contributed by atoms with E-state index < -0.39 is 12.7 Å². The van der Waals surface area contributed by atoms with Gasteiger partial charge < -0.3 is 5.73 Å². The molecule has 0 radical (unpaired) electrons. The molecule has 0 aliphatic rings. The number of halogens is 3. The van der Waals surface area contributed by atoms with Gasteiger partial charge >= 0.3 is 6.18 Å². The number of alkyl halides is 3. The van der Waals surface area contributed by atoms with Crippen LogP contribution in [0.2, 0.25) is 0 Å². The van der Waals surface area contributed by atoms with E-state index in [1.54, 1.807) is 0 Å². The van der Waals surface area contributed by atoms with E-state index >= 15 is 0 Å². The van der Waals surface area contributed by atoms with Crippen LogP contribution in [0.25, 0.3) is 0 Å². The van der Waals surface area contributed by atoms with Crippen molar-refractivity contribution in [2.24, 2.45) is 5.73 Å². The topological polar surface area (TPSA) is 29.3 Å². The van der Waals surface area contributed by atoms with Gasteiger partial charge in [-0.1, -0.05) is 6.92 Å². The molecule has 0 aliphatic heterocycles. The number of hydrogen-bond acceptors (Lipinski definition) is 2. The van der Waals surface area contributed by atoms with E-state index in [0.29, 0.717) is 19.4 Å². The molecule has 0 aliphatic carbocycles. The Morgan fingerprint density at radius 3 is 2.23 bits per heavy atom. The van der Waals surface area contributed by atoms with Gasteiger partial charge in [0.2, 0.25) is 0 Å². The van der Waals surface area contributed by atoms with Crippen LogP contribution in [0.5, 0.6) is 0 Å². The van der Waals surface area contributed by atoms with E-state index in [4.69, 9.17) is 5.73 Å². The Kier molecular flexibility index (Phi) is 5.32. The normalized spacial score (nSPS) is 15.0. The van der Waals surface area contributed by atoms with Crippen LogP contribution in [0.4, 0.5) is 13.2 Å². The van der Waals surface area contributed by atoms with E-state index in [2.05, 4.69) is 0 Å². The standard InChI is InChI=1S/C8H17F3N2/c1-3-7(4-5-12)13(2)6-8(9,10)11/h7H,3-6,12H2,1-2H3. The van der Waals surface area contributed by atoms with Crippen molar-refractivity contribution in [2.45, 2.75) is 32.0 Å². The van der Waals surface area contributed by atoms with E-state index in [1.807, 2.05) is 6.92 Å². The monoisotopic (exact) mass is 198 g/mol. The zero-order valence-electron chi connectivity index (χ0n) is 8.06. The van der Waals surface area contributed by atoms with Crippen LogP contribution < -0.4 is 5.73 Å². The summed E-state index contributed by atoms with van der Waals surface area (Å²) in [7, 11) is 1.48. The Hall–Kier alpha value is -0.290. The third-order valence-electron chi connectivity index (χ3n) is 2.02. The highest BCUT2D eigenvalue weighted by molar-refractivity contribution is 4.70. The Balaban J connectivity index is 3.97. The molecule has 0 heterocycles. The van der Waals surface area contributed by atoms with Crippen molar-refractivity contribution in [3.8, 4) is 0 Å². The summed E-state index contributed by atoms with van der Waals surface area (Å²) in [6.07, 6.45) is -2.80. The van der Waals surface area contributed by atoms with Gasteiger partial charge in [-0.15, -0.1) is 0 Å². The highest BCUT2D eigenvalue weighted by Crippen LogP contribution is 2.18. The third kappa shape index (κ3) is 5.87. The van der Waals surface area contributed by atoms with Gasteiger partial charge in [-0.25, -0.2) is 0 Å². The zero-order valence-corrected chi connectivity index (χ0v) is 8.06. The summed E-state index contributed by atoms with van der Waals surface area (Å²) >= 11 is 0. The number of rotatable bonds is 5. The molecule has 0 spiro atoms. The van der Waals surface area contributed by atoms with Crippen molar-refractivity contribution in [1.29, 1.82) is 0 Å². The fraction of sp³-hybridized carbons (Fsp3) is 1.00. The zero-order chi connectivity index (χ0) is 10.5. The predicted molar refractivity (Wildman–Crippen MR) is 46.4 cm³/mol. The lowest BCUT2D eigenvalue weighted by Gasteiger charge is -2.27. The Morgan fingerprint density at radius 1 is 1.38 bits per heavy atom. The second kappa shape index (κ2) is 5.44. The van der Waals surface area contributed by atoms with Crippen LogP contribution in [0.3, 0.4) is 0 Å². The summed E-state index contributed by atoms with van der Waals surface area (Å²) in [5, 5.41) is 0. The number of hydrogen-bond donors (Lipinski definition) is 1. The lowest BCUT2D eigenvalue weighted by molar-refractivity contribution is -0.147. The Bertz CT molecular complexity index is 136. The van der Waals surface area contributed by atoms with Crippen molar-refractivity contribution in [3.05, 3.63) is 0 Å². The number of nitrogens with zero attached hydrogens (tertiary/aromatic N) is 1. The molecule has 2 N–H and O–H groups in total. The Morgan fingerprint density at radius 2 is 1.92 bits per heavy atom. The molecule has 1 unspecified atom stereocenters. The summed E-state index contributed by atoms with van der Waals surface area (Å²) in [5.74, 6) is 0. The van der Waals surface area contributed by atoms with Crippen LogP contribution in [0, 0.1) is 0 Å². The van der Waals surface area contributed by atoms with Gasteiger partial charge in [0, 0.05) is 6.04 Å². The van der Waals surface area contributed by atoms with E-state index in [1.165, 1.54) is 11.9 Å². The fourth-order valence-corrected chi connectivity index (χ4v) is 1.34. The summed E-state index contributed by atoms with van der Waals surface area (Å²) in [6, 6.07) is -0.0633. The molecular weight excluding hydrogens is 181 g/mol. The minimum atomic E-state index is -4.11. The van der Waals surface area contributed by atoms with Gasteiger partial charge in [-0.05, 0) is 26.4 Å². The maximum atomic E-state index is 12.0. The minimum absolute atomic E-state index is 0.0633. The summed E-state index contributed by atoms with van der Waals surface area (Å²) < 4.78 is 35.9. The average Bonchev–Trinajstić information content (AvgIpc) is 1.96. The molecule has 5 heteroatoms. The van der Waals surface area contributed by atoms with Crippen molar-refractivity contribution in [3.63, 3.8) is 0 Å². The second-order valence-corrected chi connectivity index (χ2v) is 3.17. The maximum Gasteiger partial charge on any atom is 0.401 e. The SMILES string of the molecule is CCC(CCN)N(C)CC(F)(F)F. The fourth-order valence-electron chi connectivity index (χ4n) is 1.34. The van der Waals surface area contributed by atoms with Crippen LogP contribution in [-0.4, -0.2) is 37.3 Å². The molecule has 0 aromatic rings. The molecular formula is C8H17F3N2. The highest BCUT2D eigenvalue weighted by Gasteiger charge is 2.31. The molecule has 0 aromatic heterocycles. The number of nitrogens with two attached hydrogens (primary N) is 1. The smallest absolute Gasteiger partial charge is 0.330 e. The third-order valence-corrected chi connectivity index (χ3v) is 2.02. The average molecular weight is 198 g/mol. The summed E-state index contributed by atoms with van der Waals surface area (Å²) in [4.78, 5) is 1.31. The van der Waals surface area contributed by atoms with Crippen molar-refractivity contribution in [1.82, 2.24) is 4.90 Å². The maximum absolute atomic E-state index is 12.0. The molecule has 2 nitrogen and oxygen atoms in total. The van der Waals surface area contributed by atoms with Crippen molar-refractivity contribution in [2.75, 3.05) is 20.1 Å². The highest BCUT2D eigenvalue weighted by atomic mass is 19.4. The summed E-state index contributed by atoms with van der Waals surface area (Å²) in [5.41, 5.74) is 5.30. The quantitative estimate of drug-likeness (QED) is 0.727. The first-order valence-corrected chi connectivity index (χ1v) is 4.37. The lowest BCUT2D eigenvalue weighted by Crippen LogP contribution is -2.39. The van der Waals surface area contributed by atoms with Crippen molar-refractivity contribution >= 4 is 0 Å². The van der Waals surface area contributed by atoms with Gasteiger partial charge in [0.1, 0.15) is 0 Å². The van der Waals surface area contributed by atoms with Crippen LogP contribution in [-0.2, 0) is 0 Å². The largest absolute Gasteiger partial charge is 0.401 e. The molecule has 0 saturated carbocycles. The molecule has 0 bridgehead atoms. The van der Waals surface area contributed by atoms with E-state index in [0.717, 1.165) is 0 Å². The Labute approximate surface area is 76.9 Å². The van der Waals surface area contributed by atoms with Crippen molar-refractivity contribution < 1.29 is 13.2 Å². The van der Waals surface area contributed by atoms with E-state index in [9.17, 15) is 13.2 Å². The second-order valence-electron chi connectivity index (χ2n) is 3.17. The van der Waals surface area contributed by atoms with Gasteiger partial charge in [0.25, 0.3) is 0 Å². The van der Waals surface area contributed by atoms with Crippen LogP contribution in [0.1, 0.15) is 19.8 Å². The molecule has 1 atom stereocenters. The van der Waals surface area contributed by atoms with Crippen LogP contribution in [0.15, 0.2) is 0 Å². The van der Waals surface area contributed by atoms with Gasteiger partial charge in [0.15, 0.2) is 0 Å². The molecule has 0 amide bonds. The predicted octanol–water partition coefficient (Wildman–Crippen LogP) is 1.61. The molecule has 80 valence electrons. The molecule has 13 heavy (non-hydrogen) atoms. The molecule has 0 aromatic carbocycles. The first-order chi connectivity index (χ1) is 5.90. The van der Waals surface area contributed by atoms with Gasteiger partial charge in [0.05, 0.1) is 6.54 Å². The minimum Gasteiger partial charge on any atom is -0.330 e. The first-order valence-electron chi connectivity index (χ1n) is 4.37. The molecule has 0 saturated heterocycles. The molecule has 0 rings (SSSR count). The summed E-state index contributed by atoms with van der Waals surface area (Å²) in [6.45, 7) is 1.44. The van der Waals surface area contributed by atoms with E-state index in [-0.39, 0.29) is 6.04 Å². The first kappa shape index (κ1) is 12.7.